The van der Waals surface area contributed by atoms with Crippen molar-refractivity contribution in [2.75, 3.05) is 6.54 Å². The van der Waals surface area contributed by atoms with E-state index < -0.39 is 24.2 Å². The van der Waals surface area contributed by atoms with E-state index in [9.17, 15) is 14.0 Å². The van der Waals surface area contributed by atoms with Crippen LogP contribution >= 0.6 is 0 Å². The molecule has 0 atom stereocenters. The number of benzene rings is 2. The summed E-state index contributed by atoms with van der Waals surface area (Å²) in [6, 6.07) is 10.6. The number of halogens is 1. The second-order valence-electron chi connectivity index (χ2n) is 4.64. The summed E-state index contributed by atoms with van der Waals surface area (Å²) >= 11 is 0. The summed E-state index contributed by atoms with van der Waals surface area (Å²) in [5.74, 6) is -1.85. The van der Waals surface area contributed by atoms with Gasteiger partial charge in [-0.1, -0.05) is 12.1 Å². The zero-order chi connectivity index (χ0) is 16.1. The highest BCUT2D eigenvalue weighted by molar-refractivity contribution is 5.96. The van der Waals surface area contributed by atoms with E-state index in [0.29, 0.717) is 0 Å². The van der Waals surface area contributed by atoms with Crippen LogP contribution in [-0.2, 0) is 4.79 Å². The Balaban J connectivity index is 2.14. The van der Waals surface area contributed by atoms with E-state index in [1.807, 2.05) is 0 Å². The molecule has 2 N–H and O–H groups in total. The van der Waals surface area contributed by atoms with Crippen LogP contribution in [0.5, 0.6) is 11.5 Å². The molecule has 0 aromatic heterocycles. The van der Waals surface area contributed by atoms with Gasteiger partial charge in [0.05, 0.1) is 0 Å². The van der Waals surface area contributed by atoms with Crippen molar-refractivity contribution in [3.63, 3.8) is 0 Å². The molecule has 2 rings (SSSR count). The van der Waals surface area contributed by atoms with E-state index in [1.165, 1.54) is 24.3 Å². The molecule has 0 saturated carbocycles. The number of aryl methyl sites for hydroxylation is 1. The molecule has 0 aliphatic heterocycles. The lowest BCUT2D eigenvalue weighted by molar-refractivity contribution is -0.135. The average molecular weight is 303 g/mol. The van der Waals surface area contributed by atoms with Gasteiger partial charge in [0.2, 0.25) is 0 Å². The van der Waals surface area contributed by atoms with E-state index >= 15 is 0 Å². The Hall–Kier alpha value is -2.89. The van der Waals surface area contributed by atoms with Gasteiger partial charge in [0.25, 0.3) is 5.91 Å². The Bertz CT molecular complexity index is 715. The van der Waals surface area contributed by atoms with E-state index in [-0.39, 0.29) is 17.1 Å². The molecule has 0 fully saturated rings. The zero-order valence-corrected chi connectivity index (χ0v) is 11.8. The maximum absolute atomic E-state index is 13.7. The fourth-order valence-electron chi connectivity index (χ4n) is 1.77. The largest absolute Gasteiger partial charge is 0.480 e. The van der Waals surface area contributed by atoms with Gasteiger partial charge in [-0.15, -0.1) is 0 Å². The Morgan fingerprint density at radius 1 is 1.23 bits per heavy atom. The number of hydrogen-bond donors (Lipinski definition) is 2. The normalized spacial score (nSPS) is 10.1. The lowest BCUT2D eigenvalue weighted by Gasteiger charge is -2.09. The van der Waals surface area contributed by atoms with Crippen LogP contribution in [0.15, 0.2) is 42.5 Å². The Morgan fingerprint density at radius 3 is 2.68 bits per heavy atom. The Morgan fingerprint density at radius 2 is 2.00 bits per heavy atom. The molecule has 0 bridgehead atoms. The second-order valence-corrected chi connectivity index (χ2v) is 4.64. The summed E-state index contributed by atoms with van der Waals surface area (Å²) in [5, 5.41) is 10.8. The summed E-state index contributed by atoms with van der Waals surface area (Å²) < 4.78 is 19.1. The smallest absolute Gasteiger partial charge is 0.322 e. The first-order chi connectivity index (χ1) is 10.5. The number of carbonyl (C=O) groups excluding carboxylic acids is 1. The maximum Gasteiger partial charge on any atom is 0.322 e. The van der Waals surface area contributed by atoms with Crippen LogP contribution in [0.1, 0.15) is 15.9 Å². The number of carboxylic acids is 1. The van der Waals surface area contributed by atoms with Crippen LogP contribution < -0.4 is 10.1 Å². The van der Waals surface area contributed by atoms with Crippen molar-refractivity contribution < 1.29 is 23.8 Å². The molecule has 5 nitrogen and oxygen atoms in total. The maximum atomic E-state index is 13.7. The monoisotopic (exact) mass is 303 g/mol. The highest BCUT2D eigenvalue weighted by Gasteiger charge is 2.10. The number of nitrogens with one attached hydrogen (secondary N) is 1. The predicted octanol–water partition coefficient (Wildman–Crippen LogP) is 2.74. The fraction of sp³-hybridized carbons (Fsp3) is 0.125. The summed E-state index contributed by atoms with van der Waals surface area (Å²) in [7, 11) is 0. The standard InChI is InChI=1S/C16H14FNO4/c1-10-5-6-14(13(17)7-10)22-12-4-2-3-11(8-12)16(21)18-9-15(19)20/h2-8H,9H2,1H3,(H,18,21)(H,19,20). The van der Waals surface area contributed by atoms with Gasteiger partial charge >= 0.3 is 5.97 Å². The van der Waals surface area contributed by atoms with Crippen LogP contribution in [0.25, 0.3) is 0 Å². The van der Waals surface area contributed by atoms with Gasteiger partial charge in [-0.3, -0.25) is 9.59 Å². The third kappa shape index (κ3) is 4.05. The molecule has 114 valence electrons. The average Bonchev–Trinajstić information content (AvgIpc) is 2.48. The number of ether oxygens (including phenoxy) is 1. The van der Waals surface area contributed by atoms with E-state index in [2.05, 4.69) is 5.32 Å². The summed E-state index contributed by atoms with van der Waals surface area (Å²) in [5.41, 5.74) is 0.998. The van der Waals surface area contributed by atoms with Crippen LogP contribution in [0.4, 0.5) is 4.39 Å². The molecule has 0 aliphatic rings. The lowest BCUT2D eigenvalue weighted by atomic mass is 10.2. The molecular weight excluding hydrogens is 289 g/mol. The summed E-state index contributed by atoms with van der Waals surface area (Å²) in [4.78, 5) is 22.2. The minimum Gasteiger partial charge on any atom is -0.480 e. The van der Waals surface area contributed by atoms with Gasteiger partial charge in [-0.25, -0.2) is 4.39 Å². The number of carbonyl (C=O) groups is 2. The van der Waals surface area contributed by atoms with Crippen LogP contribution in [0, 0.1) is 12.7 Å². The Kier molecular flexibility index (Phi) is 4.73. The molecular formula is C16H14FNO4. The number of rotatable bonds is 5. The van der Waals surface area contributed by atoms with Crippen molar-refractivity contribution in [2.45, 2.75) is 6.92 Å². The third-order valence-electron chi connectivity index (χ3n) is 2.81. The van der Waals surface area contributed by atoms with E-state index in [4.69, 9.17) is 9.84 Å². The highest BCUT2D eigenvalue weighted by Crippen LogP contribution is 2.25. The quantitative estimate of drug-likeness (QED) is 0.890. The fourth-order valence-corrected chi connectivity index (χ4v) is 1.77. The second kappa shape index (κ2) is 6.71. The van der Waals surface area contributed by atoms with Crippen LogP contribution in [0.3, 0.4) is 0 Å². The molecule has 0 heterocycles. The molecule has 2 aromatic rings. The highest BCUT2D eigenvalue weighted by atomic mass is 19.1. The first-order valence-corrected chi connectivity index (χ1v) is 6.50. The number of aliphatic carboxylic acids is 1. The van der Waals surface area contributed by atoms with Crippen molar-refractivity contribution in [1.82, 2.24) is 5.32 Å². The molecule has 0 radical (unpaired) electrons. The van der Waals surface area contributed by atoms with Gasteiger partial charge in [-0.2, -0.15) is 0 Å². The molecule has 0 aliphatic carbocycles. The topological polar surface area (TPSA) is 75.6 Å². The van der Waals surface area contributed by atoms with Crippen molar-refractivity contribution in [1.29, 1.82) is 0 Å². The molecule has 1 amide bonds. The van der Waals surface area contributed by atoms with Crippen LogP contribution in [-0.4, -0.2) is 23.5 Å². The van der Waals surface area contributed by atoms with Gasteiger partial charge in [0.15, 0.2) is 11.6 Å². The van der Waals surface area contributed by atoms with Crippen molar-refractivity contribution >= 4 is 11.9 Å². The molecule has 22 heavy (non-hydrogen) atoms. The van der Waals surface area contributed by atoms with E-state index in [0.717, 1.165) is 5.56 Å². The molecule has 0 spiro atoms. The third-order valence-corrected chi connectivity index (χ3v) is 2.81. The number of carboxylic acid groups (broad SMARTS) is 1. The molecule has 6 heteroatoms. The first kappa shape index (κ1) is 15.5. The molecule has 0 unspecified atom stereocenters. The Labute approximate surface area is 126 Å². The van der Waals surface area contributed by atoms with Gasteiger partial charge < -0.3 is 15.2 Å². The molecule has 2 aromatic carbocycles. The number of hydrogen-bond acceptors (Lipinski definition) is 3. The summed E-state index contributed by atoms with van der Waals surface area (Å²) in [6.45, 7) is 1.29. The van der Waals surface area contributed by atoms with Crippen molar-refractivity contribution in [2.24, 2.45) is 0 Å². The SMILES string of the molecule is Cc1ccc(Oc2cccc(C(=O)NCC(=O)O)c2)c(F)c1. The zero-order valence-electron chi connectivity index (χ0n) is 11.8. The van der Waals surface area contributed by atoms with Gasteiger partial charge in [0, 0.05) is 5.56 Å². The molecule has 0 saturated heterocycles. The summed E-state index contributed by atoms with van der Waals surface area (Å²) in [6.07, 6.45) is 0. The van der Waals surface area contributed by atoms with Gasteiger partial charge in [0.1, 0.15) is 12.3 Å². The van der Waals surface area contributed by atoms with Crippen molar-refractivity contribution in [3.8, 4) is 11.5 Å². The van der Waals surface area contributed by atoms with Gasteiger partial charge in [-0.05, 0) is 42.8 Å². The van der Waals surface area contributed by atoms with Crippen LogP contribution in [0.2, 0.25) is 0 Å². The minimum atomic E-state index is -1.14. The number of amides is 1. The minimum absolute atomic E-state index is 0.0497. The predicted molar refractivity (Wildman–Crippen MR) is 77.6 cm³/mol. The first-order valence-electron chi connectivity index (χ1n) is 6.50. The van der Waals surface area contributed by atoms with E-state index in [1.54, 1.807) is 25.1 Å². The lowest BCUT2D eigenvalue weighted by Crippen LogP contribution is -2.29. The van der Waals surface area contributed by atoms with Crippen molar-refractivity contribution in [3.05, 3.63) is 59.4 Å².